The molecular weight excluding hydrogens is 277 g/mol. The molecule has 7 nitrogen and oxygen atoms in total. The predicted molar refractivity (Wildman–Crippen MR) is 74.5 cm³/mol. The summed E-state index contributed by atoms with van der Waals surface area (Å²) in [7, 11) is 0. The topological polar surface area (TPSA) is 85.9 Å². The Bertz CT molecular complexity index is 641. The van der Waals surface area contributed by atoms with Crippen LogP contribution in [0.5, 0.6) is 0 Å². The second kappa shape index (κ2) is 6.40. The summed E-state index contributed by atoms with van der Waals surface area (Å²) in [6.45, 7) is 5.61. The Morgan fingerprint density at radius 2 is 2.24 bits per heavy atom. The molecule has 1 aromatic carbocycles. The van der Waals surface area contributed by atoms with Crippen LogP contribution in [0.15, 0.2) is 24.4 Å². The SMILES string of the molecule is CC(C)CNCc1cn(-c2ccc(F)c([N+](=O)[O-])c2)nn1. The third-order valence-corrected chi connectivity index (χ3v) is 2.79. The minimum absolute atomic E-state index is 0.394. The second-order valence-corrected chi connectivity index (χ2v) is 5.07. The fraction of sp³-hybridized carbons (Fsp3) is 0.385. The second-order valence-electron chi connectivity index (χ2n) is 5.07. The van der Waals surface area contributed by atoms with E-state index in [9.17, 15) is 14.5 Å². The average molecular weight is 293 g/mol. The molecule has 0 atom stereocenters. The monoisotopic (exact) mass is 293 g/mol. The van der Waals surface area contributed by atoms with Crippen LogP contribution in [0, 0.1) is 21.8 Å². The Morgan fingerprint density at radius 3 is 2.90 bits per heavy atom. The molecule has 0 bridgehead atoms. The summed E-state index contributed by atoms with van der Waals surface area (Å²) in [5.74, 6) is -0.345. The number of nitrogens with zero attached hydrogens (tertiary/aromatic N) is 4. The molecule has 21 heavy (non-hydrogen) atoms. The van der Waals surface area contributed by atoms with Crippen LogP contribution in [0.25, 0.3) is 5.69 Å². The van der Waals surface area contributed by atoms with Gasteiger partial charge in [0.25, 0.3) is 0 Å². The van der Waals surface area contributed by atoms with E-state index in [0.29, 0.717) is 23.8 Å². The first-order valence-corrected chi connectivity index (χ1v) is 6.53. The van der Waals surface area contributed by atoms with Crippen molar-refractivity contribution < 1.29 is 9.31 Å². The van der Waals surface area contributed by atoms with Crippen LogP contribution in [-0.4, -0.2) is 26.5 Å². The Morgan fingerprint density at radius 1 is 1.48 bits per heavy atom. The maximum Gasteiger partial charge on any atom is 0.306 e. The van der Waals surface area contributed by atoms with Crippen molar-refractivity contribution in [3.8, 4) is 5.69 Å². The minimum atomic E-state index is -0.873. The molecule has 0 aliphatic rings. The van der Waals surface area contributed by atoms with E-state index in [1.54, 1.807) is 6.20 Å². The van der Waals surface area contributed by atoms with Crippen molar-refractivity contribution in [2.45, 2.75) is 20.4 Å². The van der Waals surface area contributed by atoms with E-state index in [-0.39, 0.29) is 0 Å². The smallest absolute Gasteiger partial charge is 0.306 e. The van der Waals surface area contributed by atoms with Crippen LogP contribution in [-0.2, 0) is 6.54 Å². The largest absolute Gasteiger partial charge is 0.311 e. The number of halogens is 1. The zero-order valence-corrected chi connectivity index (χ0v) is 11.8. The first-order chi connectivity index (χ1) is 9.97. The van der Waals surface area contributed by atoms with Crippen LogP contribution in [0.2, 0.25) is 0 Å². The quantitative estimate of drug-likeness (QED) is 0.651. The van der Waals surface area contributed by atoms with Gasteiger partial charge in [-0.15, -0.1) is 5.10 Å². The van der Waals surface area contributed by atoms with E-state index in [1.165, 1.54) is 10.7 Å². The van der Waals surface area contributed by atoms with Gasteiger partial charge in [0, 0.05) is 12.6 Å². The molecule has 0 saturated heterocycles. The number of nitrogens with one attached hydrogen (secondary N) is 1. The van der Waals surface area contributed by atoms with E-state index < -0.39 is 16.4 Å². The van der Waals surface area contributed by atoms with Gasteiger partial charge in [0.2, 0.25) is 5.82 Å². The van der Waals surface area contributed by atoms with Crippen LogP contribution in [0.4, 0.5) is 10.1 Å². The molecule has 0 unspecified atom stereocenters. The lowest BCUT2D eigenvalue weighted by atomic mass is 10.2. The van der Waals surface area contributed by atoms with Crippen LogP contribution in [0.1, 0.15) is 19.5 Å². The molecular formula is C13H16FN5O2. The van der Waals surface area contributed by atoms with Gasteiger partial charge in [0.15, 0.2) is 0 Å². The van der Waals surface area contributed by atoms with Gasteiger partial charge >= 0.3 is 5.69 Å². The first-order valence-electron chi connectivity index (χ1n) is 6.53. The van der Waals surface area contributed by atoms with Gasteiger partial charge in [-0.25, -0.2) is 4.68 Å². The molecule has 1 aromatic heterocycles. The normalized spacial score (nSPS) is 11.0. The van der Waals surface area contributed by atoms with E-state index >= 15 is 0 Å². The Kier molecular flexibility index (Phi) is 4.59. The highest BCUT2D eigenvalue weighted by Crippen LogP contribution is 2.20. The highest BCUT2D eigenvalue weighted by molar-refractivity contribution is 5.43. The number of nitro groups is 1. The lowest BCUT2D eigenvalue weighted by molar-refractivity contribution is -0.387. The Balaban J connectivity index is 2.14. The third kappa shape index (κ3) is 3.82. The summed E-state index contributed by atoms with van der Waals surface area (Å²) < 4.78 is 14.7. The molecule has 0 fully saturated rings. The third-order valence-electron chi connectivity index (χ3n) is 2.79. The van der Waals surface area contributed by atoms with Crippen LogP contribution < -0.4 is 5.32 Å². The molecule has 0 amide bonds. The number of benzene rings is 1. The number of nitro benzene ring substituents is 1. The summed E-state index contributed by atoms with van der Waals surface area (Å²) in [6.07, 6.45) is 1.66. The number of rotatable bonds is 6. The standard InChI is InChI=1S/C13H16FN5O2/c1-9(2)6-15-7-10-8-18(17-16-10)11-3-4-12(14)13(5-11)19(20)21/h3-5,8-9,15H,6-7H2,1-2H3. The fourth-order valence-electron chi connectivity index (χ4n) is 1.78. The summed E-state index contributed by atoms with van der Waals surface area (Å²) in [6, 6.07) is 3.60. The molecule has 0 aliphatic heterocycles. The van der Waals surface area contributed by atoms with Crippen molar-refractivity contribution in [2.24, 2.45) is 5.92 Å². The molecule has 0 spiro atoms. The molecule has 8 heteroatoms. The van der Waals surface area contributed by atoms with Gasteiger partial charge in [-0.3, -0.25) is 10.1 Å². The van der Waals surface area contributed by atoms with Crippen molar-refractivity contribution in [1.82, 2.24) is 20.3 Å². The Hall–Kier alpha value is -2.35. The molecule has 112 valence electrons. The summed E-state index contributed by atoms with van der Waals surface area (Å²) in [5.41, 5.74) is 0.524. The Labute approximate surface area is 120 Å². The first kappa shape index (κ1) is 15.0. The van der Waals surface area contributed by atoms with Crippen molar-refractivity contribution in [3.63, 3.8) is 0 Å². The van der Waals surface area contributed by atoms with Gasteiger partial charge in [0.05, 0.1) is 22.5 Å². The van der Waals surface area contributed by atoms with Gasteiger partial charge in [-0.1, -0.05) is 19.1 Å². The minimum Gasteiger partial charge on any atom is -0.311 e. The number of hydrogen-bond donors (Lipinski definition) is 1. The summed E-state index contributed by atoms with van der Waals surface area (Å²) in [5, 5.41) is 21.8. The van der Waals surface area contributed by atoms with E-state index in [2.05, 4.69) is 29.5 Å². The highest BCUT2D eigenvalue weighted by atomic mass is 19.1. The lowest BCUT2D eigenvalue weighted by Crippen LogP contribution is -2.19. The average Bonchev–Trinajstić information content (AvgIpc) is 2.87. The molecule has 2 aromatic rings. The zero-order valence-electron chi connectivity index (χ0n) is 11.8. The van der Waals surface area contributed by atoms with Crippen LogP contribution in [0.3, 0.4) is 0 Å². The fourth-order valence-corrected chi connectivity index (χ4v) is 1.78. The van der Waals surface area contributed by atoms with E-state index in [0.717, 1.165) is 18.7 Å². The van der Waals surface area contributed by atoms with Crippen LogP contribution >= 0.6 is 0 Å². The molecule has 1 N–H and O–H groups in total. The molecule has 2 rings (SSSR count). The summed E-state index contributed by atoms with van der Waals surface area (Å²) >= 11 is 0. The van der Waals surface area contributed by atoms with Gasteiger partial charge in [0.1, 0.15) is 0 Å². The van der Waals surface area contributed by atoms with Gasteiger partial charge in [-0.2, -0.15) is 4.39 Å². The molecule has 0 aliphatic carbocycles. The number of aromatic nitrogens is 3. The predicted octanol–water partition coefficient (Wildman–Crippen LogP) is 2.06. The maximum absolute atomic E-state index is 13.3. The molecule has 1 heterocycles. The van der Waals surface area contributed by atoms with Crippen molar-refractivity contribution in [3.05, 3.63) is 46.0 Å². The van der Waals surface area contributed by atoms with Crippen molar-refractivity contribution >= 4 is 5.69 Å². The van der Waals surface area contributed by atoms with Crippen molar-refractivity contribution in [2.75, 3.05) is 6.54 Å². The van der Waals surface area contributed by atoms with Crippen molar-refractivity contribution in [1.29, 1.82) is 0 Å². The molecule has 0 saturated carbocycles. The van der Waals surface area contributed by atoms with E-state index in [4.69, 9.17) is 0 Å². The van der Waals surface area contributed by atoms with Gasteiger partial charge in [-0.05, 0) is 24.6 Å². The zero-order chi connectivity index (χ0) is 15.4. The summed E-state index contributed by atoms with van der Waals surface area (Å²) in [4.78, 5) is 9.96. The van der Waals surface area contributed by atoms with Gasteiger partial charge < -0.3 is 5.32 Å². The highest BCUT2D eigenvalue weighted by Gasteiger charge is 2.15. The van der Waals surface area contributed by atoms with E-state index in [1.807, 2.05) is 0 Å². The lowest BCUT2D eigenvalue weighted by Gasteiger charge is -2.04. The number of hydrogen-bond acceptors (Lipinski definition) is 5. The molecule has 0 radical (unpaired) electrons. The maximum atomic E-state index is 13.3.